The number of allylic oxidation sites excluding steroid dienone is 5. The van der Waals surface area contributed by atoms with Gasteiger partial charge in [0.1, 0.15) is 24.4 Å². The molecule has 9 heteroatoms. The van der Waals surface area contributed by atoms with Crippen LogP contribution in [-0.4, -0.2) is 87.5 Å². The van der Waals surface area contributed by atoms with E-state index in [1.165, 1.54) is 161 Å². The Kier molecular flexibility index (Phi) is 38.0. The molecule has 0 aromatic rings. The molecule has 1 amide bonds. The van der Waals surface area contributed by atoms with Crippen molar-refractivity contribution in [3.63, 3.8) is 0 Å². The van der Waals surface area contributed by atoms with E-state index in [0.29, 0.717) is 6.42 Å². The van der Waals surface area contributed by atoms with Crippen LogP contribution in [0.3, 0.4) is 0 Å². The first-order valence-electron chi connectivity index (χ1n) is 24.7. The Hall–Kier alpha value is -1.59. The lowest BCUT2D eigenvalue weighted by molar-refractivity contribution is -0.302. The zero-order valence-corrected chi connectivity index (χ0v) is 38.0. The fraction of sp³-hybridized carbons (Fsp3) is 0.860. The molecular formula is C50H93NO8. The van der Waals surface area contributed by atoms with Crippen LogP contribution in [0.1, 0.15) is 219 Å². The summed E-state index contributed by atoms with van der Waals surface area (Å²) in [5.74, 6) is -0.189. The molecule has 0 aromatic carbocycles. The Morgan fingerprint density at radius 2 is 0.966 bits per heavy atom. The number of aliphatic hydroxyl groups excluding tert-OH is 5. The lowest BCUT2D eigenvalue weighted by atomic mass is 9.99. The van der Waals surface area contributed by atoms with E-state index >= 15 is 0 Å². The van der Waals surface area contributed by atoms with Crippen LogP contribution in [0.15, 0.2) is 36.5 Å². The molecule has 0 bridgehead atoms. The summed E-state index contributed by atoms with van der Waals surface area (Å²) in [5, 5.41) is 54.3. The van der Waals surface area contributed by atoms with E-state index in [4.69, 9.17) is 9.47 Å². The molecular weight excluding hydrogens is 743 g/mol. The van der Waals surface area contributed by atoms with Crippen LogP contribution in [0, 0.1) is 0 Å². The van der Waals surface area contributed by atoms with E-state index in [2.05, 4.69) is 43.5 Å². The van der Waals surface area contributed by atoms with Crippen LogP contribution < -0.4 is 5.32 Å². The zero-order valence-electron chi connectivity index (χ0n) is 38.0. The maximum Gasteiger partial charge on any atom is 0.220 e. The monoisotopic (exact) mass is 836 g/mol. The molecule has 9 nitrogen and oxygen atoms in total. The molecule has 0 aromatic heterocycles. The maximum atomic E-state index is 13.0. The predicted molar refractivity (Wildman–Crippen MR) is 244 cm³/mol. The Morgan fingerprint density at radius 3 is 1.42 bits per heavy atom. The molecule has 6 N–H and O–H groups in total. The molecule has 0 aliphatic carbocycles. The summed E-state index contributed by atoms with van der Waals surface area (Å²) in [6.07, 6.45) is 43.3. The quantitative estimate of drug-likeness (QED) is 0.0263. The van der Waals surface area contributed by atoms with Gasteiger partial charge in [-0.15, -0.1) is 0 Å². The number of amides is 1. The van der Waals surface area contributed by atoms with E-state index in [1.54, 1.807) is 6.08 Å². The molecule has 1 aliphatic rings. The van der Waals surface area contributed by atoms with Gasteiger partial charge in [-0.05, 0) is 57.8 Å². The van der Waals surface area contributed by atoms with E-state index in [0.717, 1.165) is 38.5 Å². The molecule has 1 saturated heterocycles. The summed E-state index contributed by atoms with van der Waals surface area (Å²) >= 11 is 0. The number of carbonyl (C=O) groups excluding carboxylic acids is 1. The zero-order chi connectivity index (χ0) is 43.0. The van der Waals surface area contributed by atoms with Crippen LogP contribution in [-0.2, 0) is 14.3 Å². The molecule has 1 fully saturated rings. The summed E-state index contributed by atoms with van der Waals surface area (Å²) < 4.78 is 11.2. The lowest BCUT2D eigenvalue weighted by Crippen LogP contribution is -2.60. The number of unbranched alkanes of at least 4 members (excludes halogenated alkanes) is 27. The van der Waals surface area contributed by atoms with Gasteiger partial charge in [0, 0.05) is 6.42 Å². The fourth-order valence-corrected chi connectivity index (χ4v) is 7.70. The standard InChI is InChI=1S/C50H93NO8/c1-3-5-7-9-11-13-15-17-19-21-22-24-26-28-30-32-34-36-38-40-46(54)51-43(42-58-50-49(57)48(56)47(55)45(41-52)59-50)44(53)39-37-35-33-31-29-27-25-23-20-18-16-14-12-10-8-6-4-2/h17,19,29,31,37,39,43-45,47-50,52-53,55-57H,3-16,18,20-28,30,32-36,38,40-42H2,1-2H3,(H,51,54)/b19-17-,31-29+,39-37+. The van der Waals surface area contributed by atoms with Crippen LogP contribution >= 0.6 is 0 Å². The highest BCUT2D eigenvalue weighted by molar-refractivity contribution is 5.76. The van der Waals surface area contributed by atoms with Crippen LogP contribution in [0.5, 0.6) is 0 Å². The van der Waals surface area contributed by atoms with Crippen molar-refractivity contribution >= 4 is 5.91 Å². The molecule has 1 rings (SSSR count). The second-order valence-electron chi connectivity index (χ2n) is 17.2. The third-order valence-corrected chi connectivity index (χ3v) is 11.7. The van der Waals surface area contributed by atoms with E-state index in [1.807, 2.05) is 6.08 Å². The van der Waals surface area contributed by atoms with Crippen molar-refractivity contribution in [3.05, 3.63) is 36.5 Å². The Bertz CT molecular complexity index is 1020. The smallest absolute Gasteiger partial charge is 0.220 e. The van der Waals surface area contributed by atoms with Crippen molar-refractivity contribution in [2.24, 2.45) is 0 Å². The fourth-order valence-electron chi connectivity index (χ4n) is 7.70. The number of hydrogen-bond donors (Lipinski definition) is 6. The molecule has 7 atom stereocenters. The number of ether oxygens (including phenoxy) is 2. The number of hydrogen-bond acceptors (Lipinski definition) is 8. The first-order valence-corrected chi connectivity index (χ1v) is 24.7. The predicted octanol–water partition coefficient (Wildman–Crippen LogP) is 10.8. The highest BCUT2D eigenvalue weighted by Crippen LogP contribution is 2.23. The van der Waals surface area contributed by atoms with E-state index in [9.17, 15) is 30.3 Å². The van der Waals surface area contributed by atoms with Gasteiger partial charge in [-0.2, -0.15) is 0 Å². The van der Waals surface area contributed by atoms with Crippen molar-refractivity contribution in [1.82, 2.24) is 5.32 Å². The van der Waals surface area contributed by atoms with Crippen LogP contribution in [0.25, 0.3) is 0 Å². The van der Waals surface area contributed by atoms with Crippen molar-refractivity contribution in [3.8, 4) is 0 Å². The molecule has 1 heterocycles. The Labute approximate surface area is 361 Å². The van der Waals surface area contributed by atoms with E-state index < -0.39 is 49.5 Å². The minimum Gasteiger partial charge on any atom is -0.394 e. The van der Waals surface area contributed by atoms with Gasteiger partial charge in [0.2, 0.25) is 5.91 Å². The lowest BCUT2D eigenvalue weighted by Gasteiger charge is -2.40. The Morgan fingerprint density at radius 1 is 0.559 bits per heavy atom. The molecule has 7 unspecified atom stereocenters. The minimum atomic E-state index is -1.57. The van der Waals surface area contributed by atoms with Gasteiger partial charge in [0.25, 0.3) is 0 Å². The van der Waals surface area contributed by atoms with Crippen molar-refractivity contribution < 1.29 is 39.8 Å². The second kappa shape index (κ2) is 40.5. The minimum absolute atomic E-state index is 0.189. The summed E-state index contributed by atoms with van der Waals surface area (Å²) in [5.41, 5.74) is 0. The van der Waals surface area contributed by atoms with Gasteiger partial charge in [-0.1, -0.05) is 192 Å². The average molecular weight is 836 g/mol. The largest absolute Gasteiger partial charge is 0.394 e. The van der Waals surface area contributed by atoms with Gasteiger partial charge in [-0.3, -0.25) is 4.79 Å². The second-order valence-corrected chi connectivity index (χ2v) is 17.2. The number of rotatable bonds is 41. The first kappa shape index (κ1) is 55.4. The number of aliphatic hydroxyl groups is 5. The third-order valence-electron chi connectivity index (χ3n) is 11.7. The molecule has 59 heavy (non-hydrogen) atoms. The molecule has 0 radical (unpaired) electrons. The molecule has 0 spiro atoms. The summed E-state index contributed by atoms with van der Waals surface area (Å²) in [4.78, 5) is 13.0. The SMILES string of the molecule is CCCCCCCC/C=C\CCCCCCCCCCCC(=O)NC(COC1OC(CO)C(O)C(O)C1O)C(O)/C=C/CC/C=C/CCCCCCCCCCCCC. The highest BCUT2D eigenvalue weighted by Gasteiger charge is 2.44. The maximum absolute atomic E-state index is 13.0. The molecule has 1 aliphatic heterocycles. The number of nitrogens with one attached hydrogen (secondary N) is 1. The molecule has 346 valence electrons. The summed E-state index contributed by atoms with van der Waals surface area (Å²) in [6, 6.07) is -0.821. The average Bonchev–Trinajstić information content (AvgIpc) is 3.23. The van der Waals surface area contributed by atoms with Gasteiger partial charge in [0.05, 0.1) is 25.4 Å². The van der Waals surface area contributed by atoms with Crippen molar-refractivity contribution in [2.45, 2.75) is 262 Å². The van der Waals surface area contributed by atoms with Gasteiger partial charge in [-0.25, -0.2) is 0 Å². The first-order chi connectivity index (χ1) is 28.8. The normalized spacial score (nSPS) is 21.0. The van der Waals surface area contributed by atoms with Gasteiger partial charge >= 0.3 is 0 Å². The van der Waals surface area contributed by atoms with E-state index in [-0.39, 0.29) is 12.5 Å². The number of carbonyl (C=O) groups is 1. The molecule has 0 saturated carbocycles. The summed E-state index contributed by atoms with van der Waals surface area (Å²) in [7, 11) is 0. The summed E-state index contributed by atoms with van der Waals surface area (Å²) in [6.45, 7) is 3.76. The van der Waals surface area contributed by atoms with Crippen LogP contribution in [0.4, 0.5) is 0 Å². The Balaban J connectivity index is 2.34. The topological polar surface area (TPSA) is 149 Å². The highest BCUT2D eigenvalue weighted by atomic mass is 16.7. The van der Waals surface area contributed by atoms with Gasteiger partial charge < -0.3 is 40.3 Å². The van der Waals surface area contributed by atoms with Crippen molar-refractivity contribution in [1.29, 1.82) is 0 Å². The third kappa shape index (κ3) is 31.0. The van der Waals surface area contributed by atoms with Crippen LogP contribution in [0.2, 0.25) is 0 Å². The van der Waals surface area contributed by atoms with Gasteiger partial charge in [0.15, 0.2) is 6.29 Å². The van der Waals surface area contributed by atoms with Crippen molar-refractivity contribution in [2.75, 3.05) is 13.2 Å².